The first-order valence-electron chi connectivity index (χ1n) is 12.1. The van der Waals surface area contributed by atoms with Crippen LogP contribution < -0.4 is 5.32 Å². The summed E-state index contributed by atoms with van der Waals surface area (Å²) in [4.78, 5) is 61.4. The molecule has 0 aromatic rings. The van der Waals surface area contributed by atoms with Crippen molar-refractivity contribution in [2.45, 2.75) is 51.7 Å². The van der Waals surface area contributed by atoms with E-state index >= 15 is 0 Å². The van der Waals surface area contributed by atoms with Crippen LogP contribution in [0.2, 0.25) is 0 Å². The normalized spacial score (nSPS) is 10.9. The Kier molecular flexibility index (Phi) is 18.5. The zero-order valence-electron chi connectivity index (χ0n) is 21.5. The average molecular weight is 526 g/mol. The van der Waals surface area contributed by atoms with Crippen molar-refractivity contribution in [2.24, 2.45) is 0 Å². The van der Waals surface area contributed by atoms with Gasteiger partial charge in [0.05, 0.1) is 19.8 Å². The van der Waals surface area contributed by atoms with Crippen molar-refractivity contribution in [1.29, 1.82) is 0 Å². The summed E-state index contributed by atoms with van der Waals surface area (Å²) in [5.74, 6) is -1.67. The second kappa shape index (κ2) is 20.5. The molecule has 0 radical (unpaired) electrons. The van der Waals surface area contributed by atoms with Crippen LogP contribution >= 0.6 is 0 Å². The highest BCUT2D eigenvalue weighted by Gasteiger charge is 2.28. The first-order valence-corrected chi connectivity index (χ1v) is 12.1. The maximum Gasteiger partial charge on any atom is 0.330 e. The van der Waals surface area contributed by atoms with Gasteiger partial charge in [-0.2, -0.15) is 0 Å². The molecule has 4 amide bonds. The fourth-order valence-electron chi connectivity index (χ4n) is 2.88. The molecule has 0 saturated heterocycles. The van der Waals surface area contributed by atoms with Gasteiger partial charge in [0.2, 0.25) is 0 Å². The summed E-state index contributed by atoms with van der Waals surface area (Å²) in [6.45, 7) is 12.0. The lowest BCUT2D eigenvalue weighted by Gasteiger charge is -2.31. The molecule has 0 aliphatic rings. The molecule has 1 atom stereocenters. The topological polar surface area (TPSA) is 152 Å². The molecule has 12 heteroatoms. The van der Waals surface area contributed by atoms with E-state index in [-0.39, 0.29) is 45.9 Å². The average Bonchev–Trinajstić information content (AvgIpc) is 2.88. The number of esters is 3. The van der Waals surface area contributed by atoms with Gasteiger partial charge in [-0.1, -0.05) is 19.7 Å². The minimum atomic E-state index is -1.17. The molecule has 1 unspecified atom stereocenters. The lowest BCUT2D eigenvalue weighted by molar-refractivity contribution is -0.138. The van der Waals surface area contributed by atoms with E-state index in [9.17, 15) is 29.1 Å². The van der Waals surface area contributed by atoms with Crippen molar-refractivity contribution in [2.75, 3.05) is 39.5 Å². The van der Waals surface area contributed by atoms with Crippen molar-refractivity contribution in [3.05, 3.63) is 38.0 Å². The molecule has 0 aliphatic heterocycles. The molecule has 0 saturated carbocycles. The number of amides is 4. The largest absolute Gasteiger partial charge is 0.463 e. The van der Waals surface area contributed by atoms with Crippen LogP contribution in [0.25, 0.3) is 0 Å². The third kappa shape index (κ3) is 15.8. The zero-order chi connectivity index (χ0) is 28.1. The lowest BCUT2D eigenvalue weighted by Crippen LogP contribution is -2.53. The Morgan fingerprint density at radius 1 is 0.757 bits per heavy atom. The van der Waals surface area contributed by atoms with Crippen LogP contribution in [-0.2, 0) is 28.6 Å². The number of nitrogens with one attached hydrogen (secondary N) is 1. The van der Waals surface area contributed by atoms with E-state index in [4.69, 9.17) is 14.2 Å². The van der Waals surface area contributed by atoms with Crippen LogP contribution in [0.5, 0.6) is 0 Å². The number of imide groups is 1. The van der Waals surface area contributed by atoms with E-state index in [0.717, 1.165) is 28.0 Å². The number of carbonyl (C=O) groups excluding carboxylic acids is 5. The Morgan fingerprint density at radius 2 is 1.24 bits per heavy atom. The van der Waals surface area contributed by atoms with Crippen molar-refractivity contribution >= 4 is 30.0 Å². The first kappa shape index (κ1) is 33.3. The number of carbonyl (C=O) groups is 5. The van der Waals surface area contributed by atoms with Crippen molar-refractivity contribution in [3.8, 4) is 0 Å². The maximum absolute atomic E-state index is 13.2. The molecule has 208 valence electrons. The minimum Gasteiger partial charge on any atom is -0.463 e. The molecular weight excluding hydrogens is 486 g/mol. The molecule has 2 N–H and O–H groups in total. The summed E-state index contributed by atoms with van der Waals surface area (Å²) < 4.78 is 14.7. The van der Waals surface area contributed by atoms with Crippen LogP contribution in [0.15, 0.2) is 38.0 Å². The number of aliphatic hydroxyl groups is 1. The highest BCUT2D eigenvalue weighted by molar-refractivity contribution is 5.93. The number of urea groups is 2. The molecule has 0 aliphatic carbocycles. The van der Waals surface area contributed by atoms with Crippen molar-refractivity contribution in [1.82, 2.24) is 15.1 Å². The van der Waals surface area contributed by atoms with Crippen LogP contribution in [0.3, 0.4) is 0 Å². The van der Waals surface area contributed by atoms with Gasteiger partial charge in [0.25, 0.3) is 0 Å². The number of aliphatic hydroxyl groups excluding tert-OH is 1. The van der Waals surface area contributed by atoms with Crippen LogP contribution in [0, 0.1) is 0 Å². The number of rotatable bonds is 19. The van der Waals surface area contributed by atoms with Gasteiger partial charge < -0.3 is 24.6 Å². The fourth-order valence-corrected chi connectivity index (χ4v) is 2.88. The molecule has 0 rings (SSSR count). The first-order chi connectivity index (χ1) is 17.7. The lowest BCUT2D eigenvalue weighted by atomic mass is 10.2. The molecular formula is C25H39N3O9. The molecule has 37 heavy (non-hydrogen) atoms. The number of hydrogen-bond donors (Lipinski definition) is 2. The zero-order valence-corrected chi connectivity index (χ0v) is 21.5. The standard InChI is InChI=1S/C25H39N3O9/c1-5-21(30)35-17-11-8-10-15-27(20(4)29)25(34)28(16-13-19-37-23(32)7-3)24(33)26-14-9-12-18-36-22(31)6-2/h5-7,20,29H,1-3,8-19H2,4H3,(H,26,33). The van der Waals surface area contributed by atoms with E-state index in [1.165, 1.54) is 6.92 Å². The Labute approximate surface area is 217 Å². The maximum atomic E-state index is 13.2. The number of hydrogen-bond acceptors (Lipinski definition) is 9. The summed E-state index contributed by atoms with van der Waals surface area (Å²) in [6, 6.07) is -1.38. The monoisotopic (exact) mass is 525 g/mol. The van der Waals surface area contributed by atoms with Crippen LogP contribution in [0.1, 0.15) is 45.4 Å². The van der Waals surface area contributed by atoms with E-state index in [2.05, 4.69) is 25.1 Å². The van der Waals surface area contributed by atoms with E-state index in [1.54, 1.807) is 0 Å². The fraction of sp³-hybridized carbons (Fsp3) is 0.560. The predicted molar refractivity (Wildman–Crippen MR) is 135 cm³/mol. The predicted octanol–water partition coefficient (Wildman–Crippen LogP) is 2.29. The van der Waals surface area contributed by atoms with E-state index in [0.29, 0.717) is 32.1 Å². The van der Waals surface area contributed by atoms with Gasteiger partial charge >= 0.3 is 30.0 Å². The van der Waals surface area contributed by atoms with E-state index in [1.807, 2.05) is 0 Å². The third-order valence-electron chi connectivity index (χ3n) is 4.82. The molecule has 0 aromatic carbocycles. The summed E-state index contributed by atoms with van der Waals surface area (Å²) >= 11 is 0. The van der Waals surface area contributed by atoms with Gasteiger partial charge in [-0.15, -0.1) is 0 Å². The molecule has 12 nitrogen and oxygen atoms in total. The Hall–Kier alpha value is -3.67. The molecule has 0 bridgehead atoms. The Balaban J connectivity index is 4.95. The van der Waals surface area contributed by atoms with Gasteiger partial charge in [0, 0.05) is 37.9 Å². The number of ether oxygens (including phenoxy) is 3. The Bertz CT molecular complexity index is 783. The highest BCUT2D eigenvalue weighted by atomic mass is 16.5. The van der Waals surface area contributed by atoms with Gasteiger partial charge in [-0.25, -0.2) is 28.9 Å². The highest BCUT2D eigenvalue weighted by Crippen LogP contribution is 2.09. The van der Waals surface area contributed by atoms with Gasteiger partial charge in [-0.3, -0.25) is 4.90 Å². The SMILES string of the molecule is C=CC(=O)OCCCCCN(C(=O)N(CCCOC(=O)C=C)C(=O)NCCCCOC(=O)C=C)C(C)O. The number of unbranched alkanes of at least 4 members (excludes halogenated alkanes) is 3. The molecule has 0 fully saturated rings. The van der Waals surface area contributed by atoms with E-state index < -0.39 is 36.2 Å². The second-order valence-corrected chi connectivity index (χ2v) is 7.73. The van der Waals surface area contributed by atoms with Crippen molar-refractivity contribution in [3.63, 3.8) is 0 Å². The van der Waals surface area contributed by atoms with Gasteiger partial charge in [0.15, 0.2) is 0 Å². The minimum absolute atomic E-state index is 0.0330. The summed E-state index contributed by atoms with van der Waals surface area (Å²) in [6.07, 6.45) is 4.81. The summed E-state index contributed by atoms with van der Waals surface area (Å²) in [7, 11) is 0. The summed E-state index contributed by atoms with van der Waals surface area (Å²) in [5, 5.41) is 12.8. The third-order valence-corrected chi connectivity index (χ3v) is 4.82. The molecule has 0 heterocycles. The van der Waals surface area contributed by atoms with Gasteiger partial charge in [-0.05, 0) is 45.4 Å². The van der Waals surface area contributed by atoms with Crippen LogP contribution in [-0.4, -0.2) is 90.6 Å². The summed E-state index contributed by atoms with van der Waals surface area (Å²) in [5.41, 5.74) is 0. The van der Waals surface area contributed by atoms with Crippen molar-refractivity contribution < 1.29 is 43.3 Å². The second-order valence-electron chi connectivity index (χ2n) is 7.73. The Morgan fingerprint density at radius 3 is 1.73 bits per heavy atom. The smallest absolute Gasteiger partial charge is 0.330 e. The number of nitrogens with zero attached hydrogens (tertiary/aromatic N) is 2. The molecule has 0 aromatic heterocycles. The van der Waals surface area contributed by atoms with Crippen LogP contribution in [0.4, 0.5) is 9.59 Å². The molecule has 0 spiro atoms. The quantitative estimate of drug-likeness (QED) is 0.0850. The van der Waals surface area contributed by atoms with Gasteiger partial charge in [0.1, 0.15) is 6.23 Å².